The van der Waals surface area contributed by atoms with Gasteiger partial charge in [0, 0.05) is 17.5 Å². The van der Waals surface area contributed by atoms with Crippen LogP contribution in [-0.4, -0.2) is 0 Å². The van der Waals surface area contributed by atoms with E-state index in [0.29, 0.717) is 0 Å². The summed E-state index contributed by atoms with van der Waals surface area (Å²) in [5.41, 5.74) is 19.3. The molecule has 0 fully saturated rings. The summed E-state index contributed by atoms with van der Waals surface area (Å²) < 4.78 is 0. The molecule has 0 saturated carbocycles. The summed E-state index contributed by atoms with van der Waals surface area (Å²) in [5.74, 6) is 0.535. The molecule has 1 heteroatoms. The van der Waals surface area contributed by atoms with Gasteiger partial charge in [-0.25, -0.2) is 0 Å². The van der Waals surface area contributed by atoms with Gasteiger partial charge in [-0.05, 0) is 56.9 Å². The van der Waals surface area contributed by atoms with Crippen molar-refractivity contribution in [2.24, 2.45) is 0 Å². The van der Waals surface area contributed by atoms with Crippen molar-refractivity contribution in [1.29, 1.82) is 0 Å². The van der Waals surface area contributed by atoms with Gasteiger partial charge in [0.05, 0.1) is 0 Å². The Morgan fingerprint density at radius 1 is 0.500 bits per heavy atom. The standard InChI is InChI=1S/C27H33N/c1-16-8-17(2)11-23(10-16)21(6)25-14-20(5)15-26(27(25)28)22(7)24-12-18(3)9-19(4)13-24/h8-15,21-22H,28H2,1-7H3/t21-,22-/m0/s1. The average Bonchev–Trinajstić information content (AvgIpc) is 2.60. The smallest absolute Gasteiger partial charge is 0.0391 e. The van der Waals surface area contributed by atoms with Gasteiger partial charge in [0.25, 0.3) is 0 Å². The summed E-state index contributed by atoms with van der Waals surface area (Å²) in [7, 11) is 0. The van der Waals surface area contributed by atoms with Crippen LogP contribution in [0.25, 0.3) is 0 Å². The Kier molecular flexibility index (Phi) is 5.65. The van der Waals surface area contributed by atoms with E-state index >= 15 is 0 Å². The number of benzene rings is 3. The lowest BCUT2D eigenvalue weighted by Gasteiger charge is -2.23. The monoisotopic (exact) mass is 371 g/mol. The van der Waals surface area contributed by atoms with Gasteiger partial charge in [-0.2, -0.15) is 0 Å². The first-order chi connectivity index (χ1) is 13.2. The van der Waals surface area contributed by atoms with E-state index in [1.54, 1.807) is 0 Å². The highest BCUT2D eigenvalue weighted by Crippen LogP contribution is 2.37. The Labute approximate surface area is 170 Å². The van der Waals surface area contributed by atoms with Gasteiger partial charge in [0.1, 0.15) is 0 Å². The van der Waals surface area contributed by atoms with Crippen LogP contribution in [0.1, 0.15) is 75.8 Å². The molecule has 3 rings (SSSR count). The number of hydrogen-bond acceptors (Lipinski definition) is 1. The van der Waals surface area contributed by atoms with Crippen LogP contribution in [0.3, 0.4) is 0 Å². The minimum absolute atomic E-state index is 0.267. The molecule has 0 heterocycles. The van der Waals surface area contributed by atoms with Gasteiger partial charge in [-0.3, -0.25) is 0 Å². The van der Waals surface area contributed by atoms with Crippen molar-refractivity contribution in [3.63, 3.8) is 0 Å². The van der Waals surface area contributed by atoms with Gasteiger partial charge in [0.15, 0.2) is 0 Å². The summed E-state index contributed by atoms with van der Waals surface area (Å²) >= 11 is 0. The Hall–Kier alpha value is -2.54. The van der Waals surface area contributed by atoms with E-state index in [4.69, 9.17) is 5.73 Å². The van der Waals surface area contributed by atoms with E-state index in [1.165, 1.54) is 50.1 Å². The molecule has 0 aliphatic rings. The molecule has 0 aliphatic heterocycles. The van der Waals surface area contributed by atoms with Crippen molar-refractivity contribution < 1.29 is 0 Å². The molecule has 3 aromatic carbocycles. The molecule has 146 valence electrons. The summed E-state index contributed by atoms with van der Waals surface area (Å²) in [6.07, 6.45) is 0. The fraction of sp³-hybridized carbons (Fsp3) is 0.333. The third kappa shape index (κ3) is 4.14. The van der Waals surface area contributed by atoms with E-state index < -0.39 is 0 Å². The molecule has 0 aliphatic carbocycles. The summed E-state index contributed by atoms with van der Waals surface area (Å²) in [6, 6.07) is 18.1. The van der Waals surface area contributed by atoms with Gasteiger partial charge in [-0.15, -0.1) is 0 Å². The SMILES string of the molecule is Cc1cc(C)cc([C@H](C)c2cc(C)cc([C@@H](C)c3cc(C)cc(C)c3)c2N)c1. The molecule has 0 amide bonds. The van der Waals surface area contributed by atoms with E-state index in [-0.39, 0.29) is 11.8 Å². The quantitative estimate of drug-likeness (QED) is 0.486. The first-order valence-corrected chi connectivity index (χ1v) is 10.2. The maximum Gasteiger partial charge on any atom is 0.0391 e. The summed E-state index contributed by atoms with van der Waals surface area (Å²) in [5, 5.41) is 0. The summed E-state index contributed by atoms with van der Waals surface area (Å²) in [4.78, 5) is 0. The first-order valence-electron chi connectivity index (χ1n) is 10.2. The number of nitrogen functional groups attached to an aromatic ring is 1. The minimum atomic E-state index is 0.267. The summed E-state index contributed by atoms with van der Waals surface area (Å²) in [6.45, 7) is 15.4. The van der Waals surface area contributed by atoms with Crippen molar-refractivity contribution in [2.75, 3.05) is 5.73 Å². The second-order valence-electron chi connectivity index (χ2n) is 8.64. The predicted molar refractivity (Wildman–Crippen MR) is 122 cm³/mol. The molecule has 0 radical (unpaired) electrons. The molecule has 0 unspecified atom stereocenters. The van der Waals surface area contributed by atoms with Gasteiger partial charge < -0.3 is 5.73 Å². The van der Waals surface area contributed by atoms with Crippen molar-refractivity contribution in [2.45, 2.75) is 60.3 Å². The minimum Gasteiger partial charge on any atom is -0.398 e. The van der Waals surface area contributed by atoms with E-state index in [2.05, 4.69) is 97.0 Å². The van der Waals surface area contributed by atoms with Crippen LogP contribution in [0.4, 0.5) is 5.69 Å². The number of nitrogens with two attached hydrogens (primary N) is 1. The molecular formula is C27H33N. The Balaban J connectivity index is 2.09. The molecule has 0 bridgehead atoms. The third-order valence-corrected chi connectivity index (χ3v) is 5.81. The molecule has 28 heavy (non-hydrogen) atoms. The second kappa shape index (κ2) is 7.83. The lowest BCUT2D eigenvalue weighted by molar-refractivity contribution is 0.885. The number of hydrogen-bond donors (Lipinski definition) is 1. The zero-order chi connectivity index (χ0) is 20.6. The topological polar surface area (TPSA) is 26.0 Å². The molecule has 3 aromatic rings. The van der Waals surface area contributed by atoms with E-state index in [0.717, 1.165) is 5.69 Å². The highest BCUT2D eigenvalue weighted by molar-refractivity contribution is 5.61. The van der Waals surface area contributed by atoms with Crippen LogP contribution in [0.2, 0.25) is 0 Å². The largest absolute Gasteiger partial charge is 0.398 e. The molecule has 2 atom stereocenters. The highest BCUT2D eigenvalue weighted by Gasteiger charge is 2.19. The molecule has 1 nitrogen and oxygen atoms in total. The number of anilines is 1. The zero-order valence-corrected chi connectivity index (χ0v) is 18.4. The maximum absolute atomic E-state index is 6.78. The highest BCUT2D eigenvalue weighted by atomic mass is 14.6. The molecule has 0 aromatic heterocycles. The van der Waals surface area contributed by atoms with Crippen LogP contribution >= 0.6 is 0 Å². The fourth-order valence-corrected chi connectivity index (χ4v) is 4.45. The van der Waals surface area contributed by atoms with Gasteiger partial charge in [-0.1, -0.05) is 90.2 Å². The molecule has 0 saturated heterocycles. The van der Waals surface area contributed by atoms with Crippen LogP contribution in [0, 0.1) is 34.6 Å². The maximum atomic E-state index is 6.78. The van der Waals surface area contributed by atoms with Crippen LogP contribution < -0.4 is 5.73 Å². The molecular weight excluding hydrogens is 338 g/mol. The van der Waals surface area contributed by atoms with Crippen molar-refractivity contribution >= 4 is 5.69 Å². The average molecular weight is 372 g/mol. The lowest BCUT2D eigenvalue weighted by Crippen LogP contribution is -2.09. The van der Waals surface area contributed by atoms with Crippen LogP contribution in [-0.2, 0) is 0 Å². The van der Waals surface area contributed by atoms with Gasteiger partial charge in [0.2, 0.25) is 0 Å². The Morgan fingerprint density at radius 2 is 0.786 bits per heavy atom. The normalized spacial score (nSPS) is 13.4. The zero-order valence-electron chi connectivity index (χ0n) is 18.4. The molecule has 0 spiro atoms. The van der Waals surface area contributed by atoms with E-state index in [1.807, 2.05) is 0 Å². The van der Waals surface area contributed by atoms with Crippen LogP contribution in [0.5, 0.6) is 0 Å². The predicted octanol–water partition coefficient (Wildman–Crippen LogP) is 7.11. The van der Waals surface area contributed by atoms with Crippen molar-refractivity contribution in [3.05, 3.63) is 98.6 Å². The fourth-order valence-electron chi connectivity index (χ4n) is 4.45. The Bertz CT molecular complexity index is 894. The third-order valence-electron chi connectivity index (χ3n) is 5.81. The lowest BCUT2D eigenvalue weighted by atomic mass is 9.83. The number of rotatable bonds is 4. The van der Waals surface area contributed by atoms with Gasteiger partial charge >= 0.3 is 0 Å². The van der Waals surface area contributed by atoms with E-state index in [9.17, 15) is 0 Å². The van der Waals surface area contributed by atoms with Crippen molar-refractivity contribution in [3.8, 4) is 0 Å². The molecule has 2 N–H and O–H groups in total. The Morgan fingerprint density at radius 3 is 1.11 bits per heavy atom. The van der Waals surface area contributed by atoms with Crippen LogP contribution in [0.15, 0.2) is 48.5 Å². The van der Waals surface area contributed by atoms with Crippen molar-refractivity contribution in [1.82, 2.24) is 0 Å². The number of aryl methyl sites for hydroxylation is 5. The second-order valence-corrected chi connectivity index (χ2v) is 8.64. The first kappa shape index (κ1) is 20.2.